The van der Waals surface area contributed by atoms with Crippen LogP contribution in [-0.4, -0.2) is 28.9 Å². The quantitative estimate of drug-likeness (QED) is 0.713. The topological polar surface area (TPSA) is 83.8 Å². The summed E-state index contributed by atoms with van der Waals surface area (Å²) >= 11 is 0. The van der Waals surface area contributed by atoms with Gasteiger partial charge >= 0.3 is 0 Å². The Morgan fingerprint density at radius 1 is 0.960 bits per heavy atom. The van der Waals surface area contributed by atoms with E-state index in [-0.39, 0.29) is 33.8 Å². The van der Waals surface area contributed by atoms with Gasteiger partial charge in [-0.15, -0.1) is 0 Å². The predicted octanol–water partition coefficient (Wildman–Crippen LogP) is 3.23. The van der Waals surface area contributed by atoms with Gasteiger partial charge in [0.05, 0.1) is 18.2 Å². The van der Waals surface area contributed by atoms with Crippen molar-refractivity contribution in [3.8, 4) is 17.2 Å². The maximum atomic E-state index is 12.9. The molecule has 2 aromatic carbocycles. The Labute approximate surface area is 144 Å². The van der Waals surface area contributed by atoms with Gasteiger partial charge in [0.2, 0.25) is 5.78 Å². The number of fused-ring (bicyclic) bond motifs is 3. The molecule has 0 fully saturated rings. The summed E-state index contributed by atoms with van der Waals surface area (Å²) in [6.07, 6.45) is 3.33. The molecule has 0 bridgehead atoms. The number of allylic oxidation sites excluding steroid dienone is 1. The molecule has 0 aromatic heterocycles. The predicted molar refractivity (Wildman–Crippen MR) is 91.6 cm³/mol. The zero-order valence-electron chi connectivity index (χ0n) is 13.8. The van der Waals surface area contributed by atoms with Crippen LogP contribution < -0.4 is 4.74 Å². The van der Waals surface area contributed by atoms with E-state index in [0.29, 0.717) is 17.7 Å². The maximum absolute atomic E-state index is 12.9. The summed E-state index contributed by atoms with van der Waals surface area (Å²) in [5.74, 6) is -1.15. The van der Waals surface area contributed by atoms with Gasteiger partial charge in [-0.1, -0.05) is 11.6 Å². The molecule has 0 heterocycles. The smallest absolute Gasteiger partial charge is 0.201 e. The van der Waals surface area contributed by atoms with E-state index in [2.05, 4.69) is 0 Å². The highest BCUT2D eigenvalue weighted by Gasteiger charge is 2.36. The van der Waals surface area contributed by atoms with Gasteiger partial charge in [0.15, 0.2) is 5.78 Å². The second kappa shape index (κ2) is 5.21. The highest BCUT2D eigenvalue weighted by Crippen LogP contribution is 2.42. The Hall–Kier alpha value is -3.08. The number of benzene rings is 2. The van der Waals surface area contributed by atoms with Gasteiger partial charge in [0.1, 0.15) is 17.2 Å². The maximum Gasteiger partial charge on any atom is 0.201 e. The van der Waals surface area contributed by atoms with Gasteiger partial charge in [0, 0.05) is 22.8 Å². The number of ether oxygens (including phenoxy) is 1. The van der Waals surface area contributed by atoms with Crippen LogP contribution in [0, 0.1) is 0 Å². The van der Waals surface area contributed by atoms with Gasteiger partial charge < -0.3 is 14.9 Å². The monoisotopic (exact) mass is 336 g/mol. The molecule has 25 heavy (non-hydrogen) atoms. The molecule has 126 valence electrons. The molecule has 2 aliphatic rings. The Bertz CT molecular complexity index is 998. The number of carbonyl (C=O) groups excluding carboxylic acids is 2. The lowest BCUT2D eigenvalue weighted by atomic mass is 9.79. The first kappa shape index (κ1) is 15.4. The zero-order valence-corrected chi connectivity index (χ0v) is 13.8. The Morgan fingerprint density at radius 3 is 2.40 bits per heavy atom. The van der Waals surface area contributed by atoms with E-state index in [1.54, 1.807) is 6.07 Å². The number of phenols is 2. The summed E-state index contributed by atoms with van der Waals surface area (Å²) in [5, 5.41) is 20.9. The third-order valence-corrected chi connectivity index (χ3v) is 4.88. The summed E-state index contributed by atoms with van der Waals surface area (Å²) < 4.78 is 5.08. The van der Waals surface area contributed by atoms with Crippen molar-refractivity contribution in [3.05, 3.63) is 57.2 Å². The summed E-state index contributed by atoms with van der Waals surface area (Å²) in [6, 6.07) is 4.39. The number of aromatic hydroxyl groups is 2. The van der Waals surface area contributed by atoms with E-state index in [4.69, 9.17) is 4.74 Å². The molecule has 0 radical (unpaired) electrons. The fraction of sp³-hybridized carbons (Fsp3) is 0.200. The Kier molecular flexibility index (Phi) is 3.22. The molecule has 0 unspecified atom stereocenters. The van der Waals surface area contributed by atoms with Crippen LogP contribution in [0.4, 0.5) is 0 Å². The third kappa shape index (κ3) is 2.09. The van der Waals surface area contributed by atoms with Crippen LogP contribution in [0.5, 0.6) is 17.2 Å². The summed E-state index contributed by atoms with van der Waals surface area (Å²) in [4.78, 5) is 25.9. The minimum absolute atomic E-state index is 0.0235. The summed E-state index contributed by atoms with van der Waals surface area (Å²) in [5.41, 5.74) is 2.72. The Morgan fingerprint density at radius 2 is 1.68 bits per heavy atom. The van der Waals surface area contributed by atoms with E-state index < -0.39 is 11.6 Å². The van der Waals surface area contributed by atoms with Gasteiger partial charge in [-0.2, -0.15) is 0 Å². The van der Waals surface area contributed by atoms with Crippen molar-refractivity contribution in [2.75, 3.05) is 7.11 Å². The highest BCUT2D eigenvalue weighted by atomic mass is 16.5. The van der Waals surface area contributed by atoms with Crippen molar-refractivity contribution < 1.29 is 24.5 Å². The largest absolute Gasteiger partial charge is 0.507 e. The van der Waals surface area contributed by atoms with Crippen LogP contribution in [-0.2, 0) is 6.42 Å². The lowest BCUT2D eigenvalue weighted by molar-refractivity contribution is 0.0973. The van der Waals surface area contributed by atoms with Crippen molar-refractivity contribution in [2.45, 2.75) is 19.8 Å². The first-order chi connectivity index (χ1) is 11.9. The number of rotatable bonds is 1. The molecule has 0 saturated carbocycles. The number of ketones is 2. The highest BCUT2D eigenvalue weighted by molar-refractivity contribution is 6.30. The second-order valence-electron chi connectivity index (χ2n) is 6.43. The molecule has 0 aliphatic heterocycles. The second-order valence-corrected chi connectivity index (χ2v) is 6.43. The van der Waals surface area contributed by atoms with Crippen LogP contribution in [0.1, 0.15) is 56.3 Å². The normalized spacial score (nSPS) is 15.2. The van der Waals surface area contributed by atoms with Crippen LogP contribution in [0.3, 0.4) is 0 Å². The zero-order chi connectivity index (χ0) is 17.9. The van der Waals surface area contributed by atoms with Crippen molar-refractivity contribution in [1.82, 2.24) is 0 Å². The van der Waals surface area contributed by atoms with Crippen molar-refractivity contribution in [3.63, 3.8) is 0 Å². The SMILES string of the molecule is COc1cc(O)c2c(c1)C(=O)c1cc3c(c(O)c1C2=O)CCC(C)=C3. The fourth-order valence-corrected chi connectivity index (χ4v) is 3.60. The minimum atomic E-state index is -0.545. The van der Waals surface area contributed by atoms with E-state index in [0.717, 1.165) is 17.6 Å². The summed E-state index contributed by atoms with van der Waals surface area (Å²) in [6.45, 7) is 1.99. The van der Waals surface area contributed by atoms with E-state index in [1.807, 2.05) is 13.0 Å². The molecule has 4 rings (SSSR count). The number of phenolic OH excluding ortho intramolecular Hbond substituents is 2. The average Bonchev–Trinajstić information content (AvgIpc) is 2.58. The van der Waals surface area contributed by atoms with Crippen LogP contribution in [0.15, 0.2) is 23.8 Å². The molecule has 0 atom stereocenters. The summed E-state index contributed by atoms with van der Waals surface area (Å²) in [7, 11) is 1.42. The number of hydrogen-bond acceptors (Lipinski definition) is 5. The molecule has 5 heteroatoms. The van der Waals surface area contributed by atoms with E-state index >= 15 is 0 Å². The van der Waals surface area contributed by atoms with Gasteiger partial charge in [0.25, 0.3) is 0 Å². The molecular weight excluding hydrogens is 320 g/mol. The molecule has 2 aromatic rings. The molecule has 0 saturated heterocycles. The van der Waals surface area contributed by atoms with Crippen LogP contribution >= 0.6 is 0 Å². The van der Waals surface area contributed by atoms with Gasteiger partial charge in [-0.25, -0.2) is 0 Å². The van der Waals surface area contributed by atoms with Crippen LogP contribution in [0.2, 0.25) is 0 Å². The standard InChI is InChI=1S/C20H16O5/c1-9-3-4-12-10(5-9)6-13-17(19(12)23)20(24)16-14(18(13)22)7-11(25-2)8-15(16)21/h5-8,21,23H,3-4H2,1-2H3. The molecule has 2 aliphatic carbocycles. The fourth-order valence-electron chi connectivity index (χ4n) is 3.60. The van der Waals surface area contributed by atoms with Crippen molar-refractivity contribution in [2.24, 2.45) is 0 Å². The Balaban J connectivity index is 2.02. The molecule has 0 spiro atoms. The average molecular weight is 336 g/mol. The van der Waals surface area contributed by atoms with Gasteiger partial charge in [-0.05, 0) is 37.5 Å². The first-order valence-electron chi connectivity index (χ1n) is 7.98. The van der Waals surface area contributed by atoms with Crippen molar-refractivity contribution >= 4 is 17.6 Å². The number of carbonyl (C=O) groups is 2. The molecular formula is C20H16O5. The van der Waals surface area contributed by atoms with E-state index in [1.165, 1.54) is 19.2 Å². The van der Waals surface area contributed by atoms with Crippen molar-refractivity contribution in [1.29, 1.82) is 0 Å². The molecule has 0 amide bonds. The minimum Gasteiger partial charge on any atom is -0.507 e. The number of methoxy groups -OCH3 is 1. The van der Waals surface area contributed by atoms with E-state index in [9.17, 15) is 19.8 Å². The molecule has 5 nitrogen and oxygen atoms in total. The van der Waals surface area contributed by atoms with Gasteiger partial charge in [-0.3, -0.25) is 9.59 Å². The molecule has 2 N–H and O–H groups in total. The lowest BCUT2D eigenvalue weighted by Crippen LogP contribution is -2.22. The third-order valence-electron chi connectivity index (χ3n) is 4.88. The number of hydrogen-bond donors (Lipinski definition) is 2. The van der Waals surface area contributed by atoms with Crippen LogP contribution in [0.25, 0.3) is 6.08 Å². The lowest BCUT2D eigenvalue weighted by Gasteiger charge is -2.24. The first-order valence-corrected chi connectivity index (χ1v) is 7.98.